The lowest BCUT2D eigenvalue weighted by molar-refractivity contribution is -0.118. The lowest BCUT2D eigenvalue weighted by Crippen LogP contribution is -2.30. The van der Waals surface area contributed by atoms with Crippen molar-refractivity contribution in [2.24, 2.45) is 11.7 Å². The summed E-state index contributed by atoms with van der Waals surface area (Å²) in [6, 6.07) is 5.19. The van der Waals surface area contributed by atoms with E-state index in [9.17, 15) is 18.0 Å². The summed E-state index contributed by atoms with van der Waals surface area (Å²) in [5.74, 6) is 0.793. The number of sulfonamides is 1. The molecule has 2 heterocycles. The Labute approximate surface area is 192 Å². The first kappa shape index (κ1) is 24.2. The van der Waals surface area contributed by atoms with E-state index in [2.05, 4.69) is 24.0 Å². The molecule has 1 amide bonds. The Kier molecular flexibility index (Phi) is 7.60. The number of aryl methyl sites for hydroxylation is 1. The number of rotatable bonds is 11. The van der Waals surface area contributed by atoms with Gasteiger partial charge in [0.15, 0.2) is 10.9 Å². The number of hydrogen-bond donors (Lipinski definition) is 1. The second-order valence-electron chi connectivity index (χ2n) is 8.15. The molecular formula is C21H29N5O4S2. The smallest absolute Gasteiger partial charge is 0.234 e. The summed E-state index contributed by atoms with van der Waals surface area (Å²) >= 11 is 1.31. The summed E-state index contributed by atoms with van der Waals surface area (Å²) in [5, 5.41) is 9.04. The number of amides is 1. The van der Waals surface area contributed by atoms with Crippen LogP contribution in [0.5, 0.6) is 0 Å². The number of primary amides is 1. The molecule has 1 aliphatic heterocycles. The lowest BCUT2D eigenvalue weighted by atomic mass is 10.1. The number of ketones is 1. The van der Waals surface area contributed by atoms with Gasteiger partial charge in [-0.2, -0.15) is 0 Å². The molecule has 0 saturated carbocycles. The highest BCUT2D eigenvalue weighted by atomic mass is 32.2. The maximum Gasteiger partial charge on any atom is 0.234 e. The van der Waals surface area contributed by atoms with Gasteiger partial charge in [0.05, 0.1) is 17.2 Å². The lowest BCUT2D eigenvalue weighted by Gasteiger charge is -2.18. The van der Waals surface area contributed by atoms with Crippen molar-refractivity contribution >= 4 is 39.2 Å². The van der Waals surface area contributed by atoms with E-state index in [4.69, 9.17) is 5.73 Å². The minimum absolute atomic E-state index is 0.0439. The van der Waals surface area contributed by atoms with Crippen molar-refractivity contribution in [3.05, 3.63) is 35.2 Å². The van der Waals surface area contributed by atoms with E-state index in [1.807, 2.05) is 4.57 Å². The summed E-state index contributed by atoms with van der Waals surface area (Å²) in [4.78, 5) is 24.0. The van der Waals surface area contributed by atoms with Gasteiger partial charge < -0.3 is 10.3 Å². The van der Waals surface area contributed by atoms with Gasteiger partial charge in [-0.1, -0.05) is 25.6 Å². The molecule has 1 aromatic carbocycles. The van der Waals surface area contributed by atoms with Crippen LogP contribution in [0, 0.1) is 5.92 Å². The number of hydrogen-bond acceptors (Lipinski definition) is 7. The monoisotopic (exact) mass is 479 g/mol. The number of nitrogens with two attached hydrogens (primary N) is 1. The molecule has 174 valence electrons. The molecule has 1 aliphatic rings. The molecular weight excluding hydrogens is 450 g/mol. The molecule has 32 heavy (non-hydrogen) atoms. The van der Waals surface area contributed by atoms with E-state index in [1.165, 1.54) is 16.1 Å². The maximum absolute atomic E-state index is 12.8. The van der Waals surface area contributed by atoms with Crippen LogP contribution in [0.15, 0.2) is 23.4 Å². The number of fused-ring (bicyclic) bond motifs is 1. The van der Waals surface area contributed by atoms with E-state index in [0.717, 1.165) is 5.56 Å². The maximum atomic E-state index is 12.8. The molecule has 1 aromatic heterocycles. The molecule has 0 fully saturated rings. The Bertz CT molecular complexity index is 1110. The normalized spacial score (nSPS) is 13.6. The second kappa shape index (κ2) is 10.0. The number of nitrogens with zero attached hydrogens (tertiary/aromatic N) is 4. The van der Waals surface area contributed by atoms with Crippen LogP contribution >= 0.6 is 11.8 Å². The zero-order chi connectivity index (χ0) is 23.5. The van der Waals surface area contributed by atoms with Gasteiger partial charge in [-0.3, -0.25) is 13.9 Å². The van der Waals surface area contributed by atoms with Crippen LogP contribution in [0.25, 0.3) is 0 Å². The number of Topliss-reactive ketones (excluding diaryl/α,β-unsaturated/α-hetero) is 1. The van der Waals surface area contributed by atoms with Gasteiger partial charge in [0.25, 0.3) is 0 Å². The van der Waals surface area contributed by atoms with Gasteiger partial charge in [0.1, 0.15) is 5.82 Å². The number of carbonyl (C=O) groups excluding carboxylic acids is 2. The fraction of sp³-hybridized carbons (Fsp3) is 0.524. The largest absolute Gasteiger partial charge is 0.370 e. The summed E-state index contributed by atoms with van der Waals surface area (Å²) in [6.45, 7) is 6.86. The molecule has 0 atom stereocenters. The SMILES string of the molecule is CCS(=O)(=O)N1CCc2cc(C(=O)CSc3nnc(CCC(N)=O)n3CC(C)C)ccc21. The summed E-state index contributed by atoms with van der Waals surface area (Å²) in [5.41, 5.74) is 7.34. The second-order valence-corrected chi connectivity index (χ2v) is 11.3. The highest BCUT2D eigenvalue weighted by Gasteiger charge is 2.28. The van der Waals surface area contributed by atoms with Gasteiger partial charge in [0, 0.05) is 31.5 Å². The van der Waals surface area contributed by atoms with E-state index in [0.29, 0.717) is 54.1 Å². The number of anilines is 1. The number of aromatic nitrogens is 3. The van der Waals surface area contributed by atoms with E-state index < -0.39 is 15.9 Å². The third kappa shape index (κ3) is 5.50. The highest BCUT2D eigenvalue weighted by Crippen LogP contribution is 2.32. The quantitative estimate of drug-likeness (QED) is 0.386. The molecule has 3 rings (SSSR count). The standard InChI is InChI=1S/C21H29N5O4S2/c1-4-32(29,30)26-10-9-15-11-16(5-6-17(15)26)18(27)13-31-21-24-23-20(8-7-19(22)28)25(21)12-14(2)3/h5-6,11,14H,4,7-10,12-13H2,1-3H3,(H2,22,28). The molecule has 11 heteroatoms. The highest BCUT2D eigenvalue weighted by molar-refractivity contribution is 7.99. The fourth-order valence-corrected chi connectivity index (χ4v) is 5.62. The number of carbonyl (C=O) groups is 2. The Morgan fingerprint density at radius 1 is 1.25 bits per heavy atom. The third-order valence-electron chi connectivity index (χ3n) is 5.22. The minimum atomic E-state index is -3.32. The van der Waals surface area contributed by atoms with Gasteiger partial charge in [0.2, 0.25) is 15.9 Å². The van der Waals surface area contributed by atoms with Gasteiger partial charge in [-0.25, -0.2) is 8.42 Å². The van der Waals surface area contributed by atoms with Crippen molar-refractivity contribution < 1.29 is 18.0 Å². The van der Waals surface area contributed by atoms with Gasteiger partial charge >= 0.3 is 0 Å². The topological polar surface area (TPSA) is 128 Å². The molecule has 0 saturated heterocycles. The van der Waals surface area contributed by atoms with E-state index >= 15 is 0 Å². The average Bonchev–Trinajstić information content (AvgIpc) is 3.34. The predicted molar refractivity (Wildman–Crippen MR) is 124 cm³/mol. The molecule has 2 aromatic rings. The Balaban J connectivity index is 1.72. The fourth-order valence-electron chi connectivity index (χ4n) is 3.60. The molecule has 0 bridgehead atoms. The van der Waals surface area contributed by atoms with Crippen molar-refractivity contribution in [2.45, 2.75) is 51.7 Å². The van der Waals surface area contributed by atoms with Crippen LogP contribution in [-0.2, 0) is 34.2 Å². The predicted octanol–water partition coefficient (Wildman–Crippen LogP) is 2.04. The van der Waals surface area contributed by atoms with Crippen LogP contribution in [0.1, 0.15) is 48.9 Å². The molecule has 0 radical (unpaired) electrons. The molecule has 0 spiro atoms. The van der Waals surface area contributed by atoms with Crippen LogP contribution < -0.4 is 10.0 Å². The van der Waals surface area contributed by atoms with Crippen LogP contribution in [0.4, 0.5) is 5.69 Å². The first-order valence-electron chi connectivity index (χ1n) is 10.6. The van der Waals surface area contributed by atoms with E-state index in [-0.39, 0.29) is 23.7 Å². The van der Waals surface area contributed by atoms with Crippen LogP contribution in [0.3, 0.4) is 0 Å². The van der Waals surface area contributed by atoms with Crippen molar-refractivity contribution in [1.29, 1.82) is 0 Å². The van der Waals surface area contributed by atoms with Gasteiger partial charge in [-0.05, 0) is 43.0 Å². The van der Waals surface area contributed by atoms with Crippen molar-refractivity contribution in [3.63, 3.8) is 0 Å². The van der Waals surface area contributed by atoms with Crippen molar-refractivity contribution in [3.8, 4) is 0 Å². The van der Waals surface area contributed by atoms with Crippen molar-refractivity contribution in [1.82, 2.24) is 14.8 Å². The molecule has 2 N–H and O–H groups in total. The summed E-state index contributed by atoms with van der Waals surface area (Å²) in [7, 11) is -3.32. The van der Waals surface area contributed by atoms with E-state index in [1.54, 1.807) is 25.1 Å². The zero-order valence-electron chi connectivity index (χ0n) is 18.6. The average molecular weight is 480 g/mol. The first-order chi connectivity index (χ1) is 15.1. The Hall–Kier alpha value is -2.40. The van der Waals surface area contributed by atoms with Crippen LogP contribution in [0.2, 0.25) is 0 Å². The number of benzene rings is 1. The Morgan fingerprint density at radius 3 is 2.66 bits per heavy atom. The molecule has 0 aliphatic carbocycles. The van der Waals surface area contributed by atoms with Crippen LogP contribution in [-0.4, -0.2) is 52.9 Å². The molecule has 0 unspecified atom stereocenters. The number of thioether (sulfide) groups is 1. The van der Waals surface area contributed by atoms with Crippen molar-refractivity contribution in [2.75, 3.05) is 22.4 Å². The zero-order valence-corrected chi connectivity index (χ0v) is 20.2. The summed E-state index contributed by atoms with van der Waals surface area (Å²) in [6.07, 6.45) is 1.19. The molecule has 9 nitrogen and oxygen atoms in total. The summed E-state index contributed by atoms with van der Waals surface area (Å²) < 4.78 is 27.9. The minimum Gasteiger partial charge on any atom is -0.370 e. The first-order valence-corrected chi connectivity index (χ1v) is 13.2. The van der Waals surface area contributed by atoms with Gasteiger partial charge in [-0.15, -0.1) is 10.2 Å². The third-order valence-corrected chi connectivity index (χ3v) is 7.97. The Morgan fingerprint density at radius 2 is 2.00 bits per heavy atom.